The average molecular weight is 242 g/mol. The lowest BCUT2D eigenvalue weighted by molar-refractivity contribution is 0.452. The van der Waals surface area contributed by atoms with Crippen LogP contribution in [0.15, 0.2) is 18.2 Å². The van der Waals surface area contributed by atoms with Gasteiger partial charge in [0.1, 0.15) is 5.82 Å². The van der Waals surface area contributed by atoms with Crippen LogP contribution in [0, 0.1) is 11.2 Å². The first-order valence-electron chi connectivity index (χ1n) is 5.80. The fraction of sp³-hybridized carbons (Fsp3) is 0.538. The van der Waals surface area contributed by atoms with Gasteiger partial charge in [0.15, 0.2) is 0 Å². The third-order valence-electron chi connectivity index (χ3n) is 3.32. The molecule has 1 saturated carbocycles. The van der Waals surface area contributed by atoms with Crippen LogP contribution in [-0.4, -0.2) is 13.1 Å². The Labute approximate surface area is 101 Å². The van der Waals surface area contributed by atoms with Gasteiger partial charge in [-0.2, -0.15) is 0 Å². The summed E-state index contributed by atoms with van der Waals surface area (Å²) in [7, 11) is 0. The van der Waals surface area contributed by atoms with Gasteiger partial charge in [0, 0.05) is 17.1 Å². The fourth-order valence-electron chi connectivity index (χ4n) is 2.06. The van der Waals surface area contributed by atoms with Crippen molar-refractivity contribution in [1.82, 2.24) is 5.32 Å². The lowest BCUT2D eigenvalue weighted by atomic mass is 9.96. The maximum absolute atomic E-state index is 13.6. The van der Waals surface area contributed by atoms with Gasteiger partial charge < -0.3 is 5.32 Å². The van der Waals surface area contributed by atoms with Crippen LogP contribution >= 0.6 is 11.6 Å². The molecule has 0 saturated heterocycles. The number of hydrogen-bond donors (Lipinski definition) is 1. The Bertz CT molecular complexity index is 354. The predicted octanol–water partition coefficient (Wildman–Crippen LogP) is 3.41. The van der Waals surface area contributed by atoms with Gasteiger partial charge in [-0.25, -0.2) is 4.39 Å². The molecule has 16 heavy (non-hydrogen) atoms. The molecule has 0 heterocycles. The molecular weight excluding hydrogens is 225 g/mol. The van der Waals surface area contributed by atoms with Crippen LogP contribution in [0.5, 0.6) is 0 Å². The Morgan fingerprint density at radius 2 is 2.19 bits per heavy atom. The lowest BCUT2D eigenvalue weighted by Gasteiger charge is -2.16. The summed E-state index contributed by atoms with van der Waals surface area (Å²) in [5.41, 5.74) is 0.932. The van der Waals surface area contributed by atoms with Gasteiger partial charge in [-0.15, -0.1) is 0 Å². The Hall–Kier alpha value is -0.600. The van der Waals surface area contributed by atoms with Crippen LogP contribution in [0.4, 0.5) is 4.39 Å². The number of benzene rings is 1. The van der Waals surface area contributed by atoms with Gasteiger partial charge in [-0.3, -0.25) is 0 Å². The third-order valence-corrected chi connectivity index (χ3v) is 3.67. The average Bonchev–Trinajstić information content (AvgIpc) is 3.02. The molecule has 0 radical (unpaired) electrons. The molecule has 2 rings (SSSR count). The molecule has 1 N–H and O–H groups in total. The van der Waals surface area contributed by atoms with Crippen molar-refractivity contribution in [3.05, 3.63) is 34.6 Å². The summed E-state index contributed by atoms with van der Waals surface area (Å²) in [4.78, 5) is 0. The number of halogens is 2. The number of nitrogens with one attached hydrogen (secondary N) is 1. The van der Waals surface area contributed by atoms with Crippen LogP contribution in [0.3, 0.4) is 0 Å². The molecule has 1 aliphatic carbocycles. The van der Waals surface area contributed by atoms with E-state index in [2.05, 4.69) is 12.2 Å². The molecule has 1 aliphatic rings. The molecule has 1 nitrogen and oxygen atoms in total. The Balaban J connectivity index is 2.09. The first-order valence-corrected chi connectivity index (χ1v) is 6.18. The van der Waals surface area contributed by atoms with E-state index in [1.54, 1.807) is 12.1 Å². The predicted molar refractivity (Wildman–Crippen MR) is 65.3 cm³/mol. The van der Waals surface area contributed by atoms with Gasteiger partial charge in [0.05, 0.1) is 0 Å². The maximum atomic E-state index is 13.6. The zero-order valence-electron chi connectivity index (χ0n) is 9.52. The molecule has 0 aromatic heterocycles. The van der Waals surface area contributed by atoms with Gasteiger partial charge in [-0.1, -0.05) is 24.6 Å². The van der Waals surface area contributed by atoms with Crippen molar-refractivity contribution in [1.29, 1.82) is 0 Å². The second-order valence-corrected chi connectivity index (χ2v) is 5.06. The van der Waals surface area contributed by atoms with Crippen molar-refractivity contribution >= 4 is 11.6 Å². The SMILES string of the molecule is CCNCC1(Cc2c(F)cccc2Cl)CC1. The summed E-state index contributed by atoms with van der Waals surface area (Å²) in [6.45, 7) is 4.02. The minimum atomic E-state index is -0.171. The minimum absolute atomic E-state index is 0.171. The smallest absolute Gasteiger partial charge is 0.127 e. The van der Waals surface area contributed by atoms with Crippen molar-refractivity contribution in [2.45, 2.75) is 26.2 Å². The first-order chi connectivity index (χ1) is 7.67. The lowest BCUT2D eigenvalue weighted by Crippen LogP contribution is -2.25. The molecule has 3 heteroatoms. The largest absolute Gasteiger partial charge is 0.316 e. The second kappa shape index (κ2) is 4.72. The van der Waals surface area contributed by atoms with Gasteiger partial charge >= 0.3 is 0 Å². The van der Waals surface area contributed by atoms with Crippen molar-refractivity contribution in [2.24, 2.45) is 5.41 Å². The molecule has 1 aromatic rings. The molecule has 0 aliphatic heterocycles. The second-order valence-electron chi connectivity index (χ2n) is 4.66. The van der Waals surface area contributed by atoms with Crippen molar-refractivity contribution in [3.8, 4) is 0 Å². The summed E-state index contributed by atoms with van der Waals surface area (Å²) in [6, 6.07) is 4.92. The van der Waals surface area contributed by atoms with Crippen LogP contribution in [0.25, 0.3) is 0 Å². The van der Waals surface area contributed by atoms with E-state index in [1.807, 2.05) is 0 Å². The van der Waals surface area contributed by atoms with E-state index < -0.39 is 0 Å². The van der Waals surface area contributed by atoms with Gasteiger partial charge in [0.2, 0.25) is 0 Å². The first kappa shape index (κ1) is 11.9. The molecule has 0 unspecified atom stereocenters. The maximum Gasteiger partial charge on any atom is 0.127 e. The van der Waals surface area contributed by atoms with E-state index in [4.69, 9.17) is 11.6 Å². The monoisotopic (exact) mass is 241 g/mol. The summed E-state index contributed by atoms with van der Waals surface area (Å²) in [6.07, 6.45) is 3.10. The molecule has 0 bridgehead atoms. The van der Waals surface area contributed by atoms with E-state index in [1.165, 1.54) is 18.9 Å². The van der Waals surface area contributed by atoms with E-state index in [0.29, 0.717) is 10.6 Å². The fourth-order valence-corrected chi connectivity index (χ4v) is 2.29. The molecule has 0 atom stereocenters. The van der Waals surface area contributed by atoms with Crippen molar-refractivity contribution in [2.75, 3.05) is 13.1 Å². The molecule has 1 aromatic carbocycles. The van der Waals surface area contributed by atoms with Gasteiger partial charge in [-0.05, 0) is 43.4 Å². The Morgan fingerprint density at radius 3 is 2.75 bits per heavy atom. The highest BCUT2D eigenvalue weighted by molar-refractivity contribution is 6.31. The van der Waals surface area contributed by atoms with Crippen molar-refractivity contribution < 1.29 is 4.39 Å². The molecular formula is C13H17ClFN. The quantitative estimate of drug-likeness (QED) is 0.833. The highest BCUT2D eigenvalue weighted by Gasteiger charge is 2.42. The summed E-state index contributed by atoms with van der Waals surface area (Å²) < 4.78 is 13.6. The zero-order valence-corrected chi connectivity index (χ0v) is 10.3. The minimum Gasteiger partial charge on any atom is -0.316 e. The molecule has 88 valence electrons. The Morgan fingerprint density at radius 1 is 1.44 bits per heavy atom. The normalized spacial score (nSPS) is 17.4. The highest BCUT2D eigenvalue weighted by Crippen LogP contribution is 2.48. The standard InChI is InChI=1S/C13H17ClFN/c1-2-16-9-13(6-7-13)8-10-11(14)4-3-5-12(10)15/h3-5,16H,2,6-9H2,1H3. The highest BCUT2D eigenvalue weighted by atomic mass is 35.5. The third kappa shape index (κ3) is 2.55. The Kier molecular flexibility index (Phi) is 3.50. The van der Waals surface area contributed by atoms with E-state index in [0.717, 1.165) is 19.5 Å². The molecule has 1 fully saturated rings. The van der Waals surface area contributed by atoms with E-state index in [9.17, 15) is 4.39 Å². The summed E-state index contributed by atoms with van der Waals surface area (Å²) >= 11 is 6.04. The van der Waals surface area contributed by atoms with Crippen LogP contribution in [0.1, 0.15) is 25.3 Å². The van der Waals surface area contributed by atoms with Gasteiger partial charge in [0.25, 0.3) is 0 Å². The topological polar surface area (TPSA) is 12.0 Å². The molecule has 0 spiro atoms. The summed E-state index contributed by atoms with van der Waals surface area (Å²) in [5, 5.41) is 3.90. The van der Waals surface area contributed by atoms with Crippen molar-refractivity contribution in [3.63, 3.8) is 0 Å². The summed E-state index contributed by atoms with van der Waals surface area (Å²) in [5.74, 6) is -0.171. The number of hydrogen-bond acceptors (Lipinski definition) is 1. The van der Waals surface area contributed by atoms with Crippen LogP contribution in [-0.2, 0) is 6.42 Å². The number of rotatable bonds is 5. The van der Waals surface area contributed by atoms with Crippen LogP contribution < -0.4 is 5.32 Å². The molecule has 0 amide bonds. The van der Waals surface area contributed by atoms with E-state index >= 15 is 0 Å². The zero-order chi connectivity index (χ0) is 11.6. The van der Waals surface area contributed by atoms with E-state index in [-0.39, 0.29) is 11.2 Å². The van der Waals surface area contributed by atoms with Crippen LogP contribution in [0.2, 0.25) is 5.02 Å².